The average Bonchev–Trinajstić information content (AvgIpc) is 3.12. The number of halogens is 2. The van der Waals surface area contributed by atoms with Crippen LogP contribution in [-0.2, 0) is 11.4 Å². The lowest BCUT2D eigenvalue weighted by molar-refractivity contribution is -0.125. The smallest absolute Gasteiger partial charge is 0.263 e. The summed E-state index contributed by atoms with van der Waals surface area (Å²) in [5.41, 5.74) is 1.88. The summed E-state index contributed by atoms with van der Waals surface area (Å²) < 4.78 is 32.9. The molecular formula is C21H23F2N7O2. The standard InChI is InChI=1S/C21H23F2N7O2/c1-3-24-21(31)15-10-29(11-15)18-8-9-19(27-26-18)32-12-17-13(2)25-28-30(17)16-6-4-14(5-7-16)20(22)23/h4-9,15,20H,3,10-12H2,1-2H3,(H,24,31). The number of aromatic nitrogens is 5. The summed E-state index contributed by atoms with van der Waals surface area (Å²) in [5, 5.41) is 19.3. The molecule has 2 aromatic heterocycles. The Kier molecular flexibility index (Phi) is 6.24. The zero-order valence-corrected chi connectivity index (χ0v) is 17.7. The SMILES string of the molecule is CCNC(=O)C1CN(c2ccc(OCc3c(C)nnn3-c3ccc(C(F)F)cc3)nn2)C1. The van der Waals surface area contributed by atoms with Crippen molar-refractivity contribution in [3.63, 3.8) is 0 Å². The molecule has 0 spiro atoms. The normalized spacial score (nSPS) is 13.8. The fraction of sp³-hybridized carbons (Fsp3) is 0.381. The van der Waals surface area contributed by atoms with E-state index in [0.717, 1.165) is 0 Å². The molecule has 1 amide bonds. The Morgan fingerprint density at radius 1 is 1.16 bits per heavy atom. The molecule has 0 unspecified atom stereocenters. The Bertz CT molecular complexity index is 1060. The first-order valence-corrected chi connectivity index (χ1v) is 10.2. The molecule has 1 aliphatic heterocycles. The van der Waals surface area contributed by atoms with Crippen molar-refractivity contribution in [3.05, 3.63) is 53.3 Å². The molecule has 11 heteroatoms. The van der Waals surface area contributed by atoms with E-state index in [1.165, 1.54) is 12.1 Å². The van der Waals surface area contributed by atoms with Crippen LogP contribution in [-0.4, -0.2) is 50.7 Å². The van der Waals surface area contributed by atoms with E-state index in [9.17, 15) is 13.6 Å². The number of hydrogen-bond donors (Lipinski definition) is 1. The second-order valence-corrected chi connectivity index (χ2v) is 7.44. The van der Waals surface area contributed by atoms with Crippen LogP contribution in [0.2, 0.25) is 0 Å². The monoisotopic (exact) mass is 443 g/mol. The minimum atomic E-state index is -2.53. The molecule has 3 heterocycles. The van der Waals surface area contributed by atoms with Crippen LogP contribution in [0, 0.1) is 12.8 Å². The number of benzene rings is 1. The van der Waals surface area contributed by atoms with Gasteiger partial charge in [-0.3, -0.25) is 4.79 Å². The van der Waals surface area contributed by atoms with Gasteiger partial charge in [0.2, 0.25) is 11.8 Å². The summed E-state index contributed by atoms with van der Waals surface area (Å²) in [6.45, 7) is 5.65. The van der Waals surface area contributed by atoms with Crippen LogP contribution in [0.15, 0.2) is 36.4 Å². The van der Waals surface area contributed by atoms with Gasteiger partial charge in [0.15, 0.2) is 5.82 Å². The number of ether oxygens (including phenoxy) is 1. The lowest BCUT2D eigenvalue weighted by Gasteiger charge is -2.38. The number of hydrogen-bond acceptors (Lipinski definition) is 7. The lowest BCUT2D eigenvalue weighted by Crippen LogP contribution is -2.54. The van der Waals surface area contributed by atoms with E-state index >= 15 is 0 Å². The second kappa shape index (κ2) is 9.25. The van der Waals surface area contributed by atoms with Gasteiger partial charge < -0.3 is 15.0 Å². The first-order valence-electron chi connectivity index (χ1n) is 10.2. The number of nitrogens with zero attached hydrogens (tertiary/aromatic N) is 6. The Labute approximate surface area is 183 Å². The van der Waals surface area contributed by atoms with Crippen LogP contribution in [0.3, 0.4) is 0 Å². The molecule has 9 nitrogen and oxygen atoms in total. The van der Waals surface area contributed by atoms with Crippen molar-refractivity contribution in [2.75, 3.05) is 24.5 Å². The first kappa shape index (κ1) is 21.6. The van der Waals surface area contributed by atoms with Gasteiger partial charge in [-0.2, -0.15) is 0 Å². The van der Waals surface area contributed by atoms with Crippen molar-refractivity contribution >= 4 is 11.7 Å². The Balaban J connectivity index is 1.37. The molecule has 1 saturated heterocycles. The molecule has 1 aliphatic rings. The van der Waals surface area contributed by atoms with Gasteiger partial charge >= 0.3 is 0 Å². The van der Waals surface area contributed by atoms with E-state index in [2.05, 4.69) is 25.8 Å². The second-order valence-electron chi connectivity index (χ2n) is 7.44. The van der Waals surface area contributed by atoms with Crippen molar-refractivity contribution in [1.82, 2.24) is 30.5 Å². The van der Waals surface area contributed by atoms with Crippen LogP contribution in [0.5, 0.6) is 5.88 Å². The molecule has 0 radical (unpaired) electrons. The van der Waals surface area contributed by atoms with Crippen LogP contribution in [0.4, 0.5) is 14.6 Å². The summed E-state index contributed by atoms with van der Waals surface area (Å²) in [5.74, 6) is 1.04. The molecule has 0 aliphatic carbocycles. The third kappa shape index (κ3) is 4.51. The molecule has 0 atom stereocenters. The Morgan fingerprint density at radius 2 is 1.91 bits per heavy atom. The maximum absolute atomic E-state index is 12.8. The number of carbonyl (C=O) groups is 1. The number of carbonyl (C=O) groups excluding carboxylic acids is 1. The molecule has 0 saturated carbocycles. The van der Waals surface area contributed by atoms with Gasteiger partial charge in [0.1, 0.15) is 12.3 Å². The number of rotatable bonds is 8. The van der Waals surface area contributed by atoms with Crippen LogP contribution < -0.4 is 15.0 Å². The summed E-state index contributed by atoms with van der Waals surface area (Å²) in [4.78, 5) is 13.8. The predicted molar refractivity (Wildman–Crippen MR) is 112 cm³/mol. The van der Waals surface area contributed by atoms with Gasteiger partial charge in [-0.25, -0.2) is 13.5 Å². The summed E-state index contributed by atoms with van der Waals surface area (Å²) in [6, 6.07) is 9.35. The summed E-state index contributed by atoms with van der Waals surface area (Å²) >= 11 is 0. The number of anilines is 1. The summed E-state index contributed by atoms with van der Waals surface area (Å²) in [6.07, 6.45) is -2.53. The fourth-order valence-corrected chi connectivity index (χ4v) is 3.36. The first-order chi connectivity index (χ1) is 15.5. The quantitative estimate of drug-likeness (QED) is 0.571. The highest BCUT2D eigenvalue weighted by Gasteiger charge is 2.33. The van der Waals surface area contributed by atoms with Gasteiger partial charge in [0.25, 0.3) is 6.43 Å². The van der Waals surface area contributed by atoms with E-state index in [-0.39, 0.29) is 24.0 Å². The number of aryl methyl sites for hydroxylation is 1. The van der Waals surface area contributed by atoms with Crippen molar-refractivity contribution in [2.45, 2.75) is 26.9 Å². The van der Waals surface area contributed by atoms with Crippen molar-refractivity contribution in [1.29, 1.82) is 0 Å². The molecule has 168 valence electrons. The molecule has 3 aromatic rings. The number of amides is 1. The third-order valence-electron chi connectivity index (χ3n) is 5.26. The van der Waals surface area contributed by atoms with Gasteiger partial charge in [0, 0.05) is 31.3 Å². The molecule has 1 N–H and O–H groups in total. The van der Waals surface area contributed by atoms with Crippen molar-refractivity contribution in [2.24, 2.45) is 5.92 Å². The van der Waals surface area contributed by atoms with Crippen LogP contribution in [0.1, 0.15) is 30.3 Å². The van der Waals surface area contributed by atoms with Gasteiger partial charge in [0.05, 0.1) is 17.3 Å². The zero-order valence-electron chi connectivity index (χ0n) is 17.7. The molecule has 4 rings (SSSR count). The third-order valence-corrected chi connectivity index (χ3v) is 5.26. The lowest BCUT2D eigenvalue weighted by atomic mass is 9.99. The highest BCUT2D eigenvalue weighted by atomic mass is 19.3. The average molecular weight is 443 g/mol. The molecule has 1 aromatic carbocycles. The van der Waals surface area contributed by atoms with E-state index in [1.54, 1.807) is 35.9 Å². The van der Waals surface area contributed by atoms with E-state index < -0.39 is 6.43 Å². The van der Waals surface area contributed by atoms with Crippen LogP contribution >= 0.6 is 0 Å². The van der Waals surface area contributed by atoms with E-state index in [4.69, 9.17) is 4.74 Å². The minimum absolute atomic E-state index is 0.0294. The summed E-state index contributed by atoms with van der Waals surface area (Å²) in [7, 11) is 0. The topological polar surface area (TPSA) is 98.1 Å². The number of alkyl halides is 2. The molecular weight excluding hydrogens is 420 g/mol. The molecule has 32 heavy (non-hydrogen) atoms. The Morgan fingerprint density at radius 3 is 2.53 bits per heavy atom. The zero-order chi connectivity index (χ0) is 22.7. The van der Waals surface area contributed by atoms with Crippen LogP contribution in [0.25, 0.3) is 5.69 Å². The maximum atomic E-state index is 12.8. The van der Waals surface area contributed by atoms with Gasteiger partial charge in [-0.15, -0.1) is 15.3 Å². The predicted octanol–water partition coefficient (Wildman–Crippen LogP) is 2.45. The molecule has 1 fully saturated rings. The largest absolute Gasteiger partial charge is 0.470 e. The maximum Gasteiger partial charge on any atom is 0.263 e. The number of nitrogens with one attached hydrogen (secondary N) is 1. The highest BCUT2D eigenvalue weighted by molar-refractivity contribution is 5.81. The van der Waals surface area contributed by atoms with Gasteiger partial charge in [-0.1, -0.05) is 17.3 Å². The Hall–Kier alpha value is -3.63. The van der Waals surface area contributed by atoms with Gasteiger partial charge in [-0.05, 0) is 32.0 Å². The highest BCUT2D eigenvalue weighted by Crippen LogP contribution is 2.24. The van der Waals surface area contributed by atoms with E-state index in [1.807, 2.05) is 11.8 Å². The minimum Gasteiger partial charge on any atom is -0.470 e. The fourth-order valence-electron chi connectivity index (χ4n) is 3.36. The van der Waals surface area contributed by atoms with E-state index in [0.29, 0.717) is 48.4 Å². The van der Waals surface area contributed by atoms with Crippen molar-refractivity contribution in [3.8, 4) is 11.6 Å². The van der Waals surface area contributed by atoms with Crippen molar-refractivity contribution < 1.29 is 18.3 Å². The molecule has 0 bridgehead atoms.